The molecular weight excluding hydrogens is 252 g/mol. The normalized spacial score (nSPS) is 17.9. The summed E-state index contributed by atoms with van der Waals surface area (Å²) >= 11 is 0. The largest absolute Gasteiger partial charge is 0.389 e. The first kappa shape index (κ1) is 13.4. The number of nitrogens with one attached hydrogen (secondary N) is 1. The summed E-state index contributed by atoms with van der Waals surface area (Å²) in [5, 5.41) is 9.87. The number of imidazole rings is 1. The number of aliphatic hydroxyl groups is 1. The zero-order valence-electron chi connectivity index (χ0n) is 12.1. The van der Waals surface area contributed by atoms with E-state index in [1.54, 1.807) is 0 Å². The number of β-amino-alcohol motifs (C(OH)–C–C–N with tert-alkyl or cyclic N) is 1. The highest BCUT2D eigenvalue weighted by Gasteiger charge is 2.23. The molecule has 0 saturated carbocycles. The molecule has 5 nitrogen and oxygen atoms in total. The van der Waals surface area contributed by atoms with Crippen molar-refractivity contribution in [1.29, 1.82) is 0 Å². The fourth-order valence-corrected chi connectivity index (χ4v) is 2.75. The maximum absolute atomic E-state index is 9.87. The summed E-state index contributed by atoms with van der Waals surface area (Å²) < 4.78 is 0. The Bertz CT molecular complexity index is 546. The van der Waals surface area contributed by atoms with Crippen molar-refractivity contribution in [1.82, 2.24) is 14.9 Å². The number of piperazine rings is 1. The highest BCUT2D eigenvalue weighted by molar-refractivity contribution is 5.77. The second-order valence-corrected chi connectivity index (χ2v) is 6.15. The second-order valence-electron chi connectivity index (χ2n) is 6.15. The Morgan fingerprint density at radius 3 is 2.55 bits per heavy atom. The average molecular weight is 274 g/mol. The molecule has 0 aliphatic carbocycles. The van der Waals surface area contributed by atoms with Crippen LogP contribution in [0.3, 0.4) is 0 Å². The molecule has 0 bridgehead atoms. The van der Waals surface area contributed by atoms with Gasteiger partial charge in [-0.2, -0.15) is 0 Å². The minimum Gasteiger partial charge on any atom is -0.389 e. The van der Waals surface area contributed by atoms with Gasteiger partial charge in [0, 0.05) is 32.7 Å². The van der Waals surface area contributed by atoms with Gasteiger partial charge in [-0.25, -0.2) is 4.98 Å². The number of nitrogens with zero attached hydrogens (tertiary/aromatic N) is 3. The van der Waals surface area contributed by atoms with E-state index < -0.39 is 5.60 Å². The van der Waals surface area contributed by atoms with Gasteiger partial charge in [0.05, 0.1) is 16.6 Å². The van der Waals surface area contributed by atoms with Gasteiger partial charge in [-0.15, -0.1) is 0 Å². The van der Waals surface area contributed by atoms with E-state index in [9.17, 15) is 5.11 Å². The van der Waals surface area contributed by atoms with Gasteiger partial charge in [0.2, 0.25) is 5.95 Å². The van der Waals surface area contributed by atoms with E-state index in [4.69, 9.17) is 0 Å². The average Bonchev–Trinajstić information content (AvgIpc) is 2.81. The summed E-state index contributed by atoms with van der Waals surface area (Å²) in [6, 6.07) is 8.11. The smallest absolute Gasteiger partial charge is 0.203 e. The molecule has 0 atom stereocenters. The molecule has 0 radical (unpaired) electrons. The van der Waals surface area contributed by atoms with Gasteiger partial charge < -0.3 is 15.0 Å². The summed E-state index contributed by atoms with van der Waals surface area (Å²) in [4.78, 5) is 12.6. The van der Waals surface area contributed by atoms with Crippen LogP contribution in [-0.2, 0) is 0 Å². The Labute approximate surface area is 119 Å². The van der Waals surface area contributed by atoms with Crippen LogP contribution in [0.5, 0.6) is 0 Å². The highest BCUT2D eigenvalue weighted by Crippen LogP contribution is 2.18. The predicted molar refractivity (Wildman–Crippen MR) is 81.0 cm³/mol. The molecule has 0 amide bonds. The molecule has 108 valence electrons. The van der Waals surface area contributed by atoms with Crippen molar-refractivity contribution < 1.29 is 5.11 Å². The minimum atomic E-state index is -0.623. The van der Waals surface area contributed by atoms with Crippen LogP contribution < -0.4 is 4.90 Å². The third-order valence-electron chi connectivity index (χ3n) is 3.66. The Morgan fingerprint density at radius 2 is 1.90 bits per heavy atom. The molecule has 1 aliphatic rings. The Hall–Kier alpha value is -1.59. The molecule has 1 fully saturated rings. The SMILES string of the molecule is CC(C)(O)CN1CCN(c2nc3ccccc3[nH]2)CC1. The number of H-pyrrole nitrogens is 1. The number of hydrogen-bond acceptors (Lipinski definition) is 4. The van der Waals surface area contributed by atoms with E-state index in [1.807, 2.05) is 32.0 Å². The molecule has 2 heterocycles. The maximum Gasteiger partial charge on any atom is 0.203 e. The summed E-state index contributed by atoms with van der Waals surface area (Å²) in [6.07, 6.45) is 0. The number of benzene rings is 1. The van der Waals surface area contributed by atoms with Crippen LogP contribution in [0.15, 0.2) is 24.3 Å². The summed E-state index contributed by atoms with van der Waals surface area (Å²) in [5.74, 6) is 0.953. The van der Waals surface area contributed by atoms with E-state index >= 15 is 0 Å². The molecule has 3 rings (SSSR count). The third kappa shape index (κ3) is 2.94. The van der Waals surface area contributed by atoms with Crippen molar-refractivity contribution in [3.63, 3.8) is 0 Å². The number of hydrogen-bond donors (Lipinski definition) is 2. The Balaban J connectivity index is 1.66. The molecule has 5 heteroatoms. The third-order valence-corrected chi connectivity index (χ3v) is 3.66. The Kier molecular flexibility index (Phi) is 3.40. The van der Waals surface area contributed by atoms with Crippen molar-refractivity contribution in [2.45, 2.75) is 19.4 Å². The van der Waals surface area contributed by atoms with Crippen molar-refractivity contribution in [2.75, 3.05) is 37.6 Å². The highest BCUT2D eigenvalue weighted by atomic mass is 16.3. The van der Waals surface area contributed by atoms with Gasteiger partial charge in [0.15, 0.2) is 0 Å². The van der Waals surface area contributed by atoms with Crippen molar-refractivity contribution in [2.24, 2.45) is 0 Å². The minimum absolute atomic E-state index is 0.623. The fraction of sp³-hybridized carbons (Fsp3) is 0.533. The van der Waals surface area contributed by atoms with Gasteiger partial charge in [-0.3, -0.25) is 4.90 Å². The van der Waals surface area contributed by atoms with Crippen LogP contribution in [0, 0.1) is 0 Å². The van der Waals surface area contributed by atoms with E-state index in [1.165, 1.54) is 0 Å². The zero-order valence-corrected chi connectivity index (χ0v) is 12.1. The molecule has 0 unspecified atom stereocenters. The molecule has 1 saturated heterocycles. The van der Waals surface area contributed by atoms with Gasteiger partial charge in [-0.1, -0.05) is 12.1 Å². The molecule has 1 aromatic carbocycles. The topological polar surface area (TPSA) is 55.4 Å². The molecule has 2 aromatic rings. The van der Waals surface area contributed by atoms with Crippen LogP contribution in [0.2, 0.25) is 0 Å². The number of rotatable bonds is 3. The molecule has 20 heavy (non-hydrogen) atoms. The lowest BCUT2D eigenvalue weighted by Crippen LogP contribution is -2.50. The van der Waals surface area contributed by atoms with E-state index in [2.05, 4.69) is 25.8 Å². The van der Waals surface area contributed by atoms with Crippen molar-refractivity contribution in [3.05, 3.63) is 24.3 Å². The first-order valence-corrected chi connectivity index (χ1v) is 7.16. The Morgan fingerprint density at radius 1 is 1.20 bits per heavy atom. The fourth-order valence-electron chi connectivity index (χ4n) is 2.75. The van der Waals surface area contributed by atoms with Gasteiger partial charge >= 0.3 is 0 Å². The predicted octanol–water partition coefficient (Wildman–Crippen LogP) is 1.46. The first-order valence-electron chi connectivity index (χ1n) is 7.16. The maximum atomic E-state index is 9.87. The molecule has 1 aliphatic heterocycles. The van der Waals surface area contributed by atoms with Gasteiger partial charge in [0.1, 0.15) is 0 Å². The molecule has 2 N–H and O–H groups in total. The van der Waals surface area contributed by atoms with E-state index in [0.29, 0.717) is 0 Å². The van der Waals surface area contributed by atoms with Crippen LogP contribution in [0.25, 0.3) is 11.0 Å². The standard InChI is InChI=1S/C15H22N4O/c1-15(2,20)11-18-7-9-19(10-8-18)14-16-12-5-3-4-6-13(12)17-14/h3-6,20H,7-11H2,1-2H3,(H,16,17). The number of aromatic amines is 1. The van der Waals surface area contributed by atoms with E-state index in [-0.39, 0.29) is 0 Å². The van der Waals surface area contributed by atoms with Crippen molar-refractivity contribution >= 4 is 17.0 Å². The van der Waals surface area contributed by atoms with E-state index in [0.717, 1.165) is 49.7 Å². The summed E-state index contributed by atoms with van der Waals surface area (Å²) in [6.45, 7) is 8.24. The number of para-hydroxylation sites is 2. The summed E-state index contributed by atoms with van der Waals surface area (Å²) in [7, 11) is 0. The van der Waals surface area contributed by atoms with Crippen molar-refractivity contribution in [3.8, 4) is 0 Å². The molecule has 1 aromatic heterocycles. The first-order chi connectivity index (χ1) is 9.51. The quantitative estimate of drug-likeness (QED) is 0.889. The lowest BCUT2D eigenvalue weighted by atomic mass is 10.1. The molecule has 0 spiro atoms. The van der Waals surface area contributed by atoms with Gasteiger partial charge in [-0.05, 0) is 26.0 Å². The number of aromatic nitrogens is 2. The second kappa shape index (κ2) is 5.07. The lowest BCUT2D eigenvalue weighted by Gasteiger charge is -2.37. The van der Waals surface area contributed by atoms with Gasteiger partial charge in [0.25, 0.3) is 0 Å². The van der Waals surface area contributed by atoms with Crippen LogP contribution >= 0.6 is 0 Å². The lowest BCUT2D eigenvalue weighted by molar-refractivity contribution is 0.0344. The van der Waals surface area contributed by atoms with Crippen LogP contribution in [0.1, 0.15) is 13.8 Å². The number of anilines is 1. The number of fused-ring (bicyclic) bond motifs is 1. The zero-order chi connectivity index (χ0) is 14.2. The monoisotopic (exact) mass is 274 g/mol. The molecular formula is C15H22N4O. The summed E-state index contributed by atoms with van der Waals surface area (Å²) in [5.41, 5.74) is 1.48. The van der Waals surface area contributed by atoms with Crippen LogP contribution in [-0.4, -0.2) is 58.3 Å². The van der Waals surface area contributed by atoms with Crippen LogP contribution in [0.4, 0.5) is 5.95 Å².